The average molecular weight is 406 g/mol. The van der Waals surface area contributed by atoms with Gasteiger partial charge in [0.25, 0.3) is 0 Å². The summed E-state index contributed by atoms with van der Waals surface area (Å²) in [6.07, 6.45) is 2.43. The van der Waals surface area contributed by atoms with E-state index in [0.717, 1.165) is 53.1 Å². The van der Waals surface area contributed by atoms with E-state index in [1.54, 1.807) is 0 Å². The van der Waals surface area contributed by atoms with Gasteiger partial charge in [-0.2, -0.15) is 5.10 Å². The van der Waals surface area contributed by atoms with Gasteiger partial charge >= 0.3 is 0 Å². The van der Waals surface area contributed by atoms with Crippen LogP contribution in [0.1, 0.15) is 60.8 Å². The van der Waals surface area contributed by atoms with Gasteiger partial charge in [-0.1, -0.05) is 18.2 Å². The van der Waals surface area contributed by atoms with Crippen LogP contribution in [-0.4, -0.2) is 38.7 Å². The highest BCUT2D eigenvalue weighted by atomic mass is 16.2. The van der Waals surface area contributed by atoms with Crippen LogP contribution in [0.25, 0.3) is 10.9 Å². The summed E-state index contributed by atoms with van der Waals surface area (Å²) in [5.41, 5.74) is 12.3. The van der Waals surface area contributed by atoms with Gasteiger partial charge in [0.05, 0.1) is 28.6 Å². The van der Waals surface area contributed by atoms with Crippen molar-refractivity contribution in [1.82, 2.24) is 19.7 Å². The average Bonchev–Trinajstić information content (AvgIpc) is 3.00. The fourth-order valence-electron chi connectivity index (χ4n) is 4.54. The lowest BCUT2D eigenvalue weighted by Gasteiger charge is -2.33. The monoisotopic (exact) mass is 405 g/mol. The van der Waals surface area contributed by atoms with Crippen molar-refractivity contribution in [2.24, 2.45) is 0 Å². The van der Waals surface area contributed by atoms with Crippen LogP contribution in [0, 0.1) is 20.8 Å². The third-order valence-corrected chi connectivity index (χ3v) is 6.52. The molecule has 1 aliphatic heterocycles. The number of nitrogen functional groups attached to an aromatic ring is 1. The van der Waals surface area contributed by atoms with Crippen molar-refractivity contribution < 1.29 is 4.79 Å². The number of likely N-dealkylation sites (tertiary alicyclic amines) is 1. The predicted molar refractivity (Wildman–Crippen MR) is 120 cm³/mol. The zero-order chi connectivity index (χ0) is 21.4. The standard InChI is InChI=1S/C24H31N5O/c1-15(29-18(4)16(2)17(3)27-29)12-23(30)28-11-7-9-20(14-28)24-21(25)13-19-8-5-6-10-22(19)26-24/h5-6,8,10,13,15,20H,7,9,11-12,14,25H2,1-4H3/t15-,20-/m1/s1. The largest absolute Gasteiger partial charge is 0.397 e. The number of pyridine rings is 1. The second-order valence-corrected chi connectivity index (χ2v) is 8.63. The van der Waals surface area contributed by atoms with E-state index < -0.39 is 0 Å². The highest BCUT2D eigenvalue weighted by molar-refractivity contribution is 5.82. The molecule has 2 N–H and O–H groups in total. The molecule has 1 aromatic carbocycles. The molecule has 2 atom stereocenters. The highest BCUT2D eigenvalue weighted by Crippen LogP contribution is 2.32. The molecule has 6 heteroatoms. The van der Waals surface area contributed by atoms with Gasteiger partial charge in [0.2, 0.25) is 5.91 Å². The third-order valence-electron chi connectivity index (χ3n) is 6.52. The number of benzene rings is 1. The van der Waals surface area contributed by atoms with Crippen molar-refractivity contribution in [1.29, 1.82) is 0 Å². The lowest BCUT2D eigenvalue weighted by molar-refractivity contribution is -0.133. The van der Waals surface area contributed by atoms with Gasteiger partial charge in [0, 0.05) is 36.5 Å². The number of nitrogens with two attached hydrogens (primary N) is 1. The van der Waals surface area contributed by atoms with Crippen LogP contribution in [0.4, 0.5) is 5.69 Å². The fraction of sp³-hybridized carbons (Fsp3) is 0.458. The molecule has 0 aliphatic carbocycles. The molecule has 1 saturated heterocycles. The van der Waals surface area contributed by atoms with Crippen LogP contribution in [0.3, 0.4) is 0 Å². The molecular weight excluding hydrogens is 374 g/mol. The maximum atomic E-state index is 13.1. The van der Waals surface area contributed by atoms with Gasteiger partial charge < -0.3 is 10.6 Å². The maximum Gasteiger partial charge on any atom is 0.224 e. The number of hydrogen-bond acceptors (Lipinski definition) is 4. The van der Waals surface area contributed by atoms with Crippen LogP contribution in [-0.2, 0) is 4.79 Å². The molecule has 158 valence electrons. The van der Waals surface area contributed by atoms with Gasteiger partial charge in [-0.05, 0) is 58.2 Å². The topological polar surface area (TPSA) is 77.0 Å². The number of aryl methyl sites for hydroxylation is 1. The first-order chi connectivity index (χ1) is 14.3. The second kappa shape index (κ2) is 8.09. The minimum atomic E-state index is 0.0362. The lowest BCUT2D eigenvalue weighted by atomic mass is 9.92. The third kappa shape index (κ3) is 3.78. The van der Waals surface area contributed by atoms with Crippen LogP contribution >= 0.6 is 0 Å². The van der Waals surface area contributed by atoms with E-state index in [2.05, 4.69) is 25.9 Å². The van der Waals surface area contributed by atoms with Crippen LogP contribution in [0.5, 0.6) is 0 Å². The van der Waals surface area contributed by atoms with E-state index in [0.29, 0.717) is 13.0 Å². The minimum absolute atomic E-state index is 0.0362. The Labute approximate surface area is 178 Å². The number of nitrogens with zero attached hydrogens (tertiary/aromatic N) is 4. The van der Waals surface area contributed by atoms with Crippen molar-refractivity contribution in [3.05, 3.63) is 53.0 Å². The first-order valence-electron chi connectivity index (χ1n) is 10.8. The Morgan fingerprint density at radius 1 is 1.27 bits per heavy atom. The Bertz CT molecular complexity index is 1090. The van der Waals surface area contributed by atoms with Crippen molar-refractivity contribution >= 4 is 22.5 Å². The van der Waals surface area contributed by atoms with Gasteiger partial charge in [0.1, 0.15) is 0 Å². The molecule has 30 heavy (non-hydrogen) atoms. The van der Waals surface area contributed by atoms with E-state index in [-0.39, 0.29) is 17.9 Å². The number of carbonyl (C=O) groups is 1. The smallest absolute Gasteiger partial charge is 0.224 e. The SMILES string of the molecule is Cc1nn([C@H](C)CC(=O)N2CCC[C@@H](c3nc4ccccc4cc3N)C2)c(C)c1C. The van der Waals surface area contributed by atoms with E-state index in [1.165, 1.54) is 5.56 Å². The lowest BCUT2D eigenvalue weighted by Crippen LogP contribution is -2.40. The quantitative estimate of drug-likeness (QED) is 0.702. The van der Waals surface area contributed by atoms with E-state index >= 15 is 0 Å². The van der Waals surface area contributed by atoms with E-state index in [1.807, 2.05) is 46.8 Å². The van der Waals surface area contributed by atoms with Gasteiger partial charge in [-0.15, -0.1) is 0 Å². The molecule has 0 unspecified atom stereocenters. The van der Waals surface area contributed by atoms with E-state index in [4.69, 9.17) is 10.7 Å². The summed E-state index contributed by atoms with van der Waals surface area (Å²) in [6, 6.07) is 10.1. The number of carbonyl (C=O) groups excluding carboxylic acids is 1. The van der Waals surface area contributed by atoms with Crippen molar-refractivity contribution in [2.45, 2.75) is 58.9 Å². The molecule has 6 nitrogen and oxygen atoms in total. The van der Waals surface area contributed by atoms with Crippen LogP contribution in [0.2, 0.25) is 0 Å². The number of fused-ring (bicyclic) bond motifs is 1. The zero-order valence-electron chi connectivity index (χ0n) is 18.4. The van der Waals surface area contributed by atoms with Crippen molar-refractivity contribution in [2.75, 3.05) is 18.8 Å². The van der Waals surface area contributed by atoms with E-state index in [9.17, 15) is 4.79 Å². The number of piperidine rings is 1. The van der Waals surface area contributed by atoms with Gasteiger partial charge in [-0.3, -0.25) is 14.5 Å². The summed E-state index contributed by atoms with van der Waals surface area (Å²) in [5, 5.41) is 5.68. The number of rotatable bonds is 4. The Morgan fingerprint density at radius 3 is 2.77 bits per heavy atom. The Balaban J connectivity index is 1.49. The zero-order valence-corrected chi connectivity index (χ0v) is 18.4. The molecule has 0 saturated carbocycles. The summed E-state index contributed by atoms with van der Waals surface area (Å²) < 4.78 is 1.99. The summed E-state index contributed by atoms with van der Waals surface area (Å²) in [7, 11) is 0. The first-order valence-corrected chi connectivity index (χ1v) is 10.8. The van der Waals surface area contributed by atoms with Gasteiger partial charge in [-0.25, -0.2) is 0 Å². The molecule has 3 aromatic rings. The summed E-state index contributed by atoms with van der Waals surface area (Å²) in [6.45, 7) is 9.72. The normalized spacial score (nSPS) is 18.0. The number of hydrogen-bond donors (Lipinski definition) is 1. The fourth-order valence-corrected chi connectivity index (χ4v) is 4.54. The second-order valence-electron chi connectivity index (χ2n) is 8.63. The molecule has 0 radical (unpaired) electrons. The maximum absolute atomic E-state index is 13.1. The predicted octanol–water partition coefficient (Wildman–Crippen LogP) is 4.30. The van der Waals surface area contributed by atoms with Gasteiger partial charge in [0.15, 0.2) is 0 Å². The molecule has 2 aromatic heterocycles. The number of amides is 1. The molecule has 1 fully saturated rings. The first kappa shape index (κ1) is 20.4. The Morgan fingerprint density at radius 2 is 2.03 bits per heavy atom. The molecule has 0 spiro atoms. The summed E-state index contributed by atoms with van der Waals surface area (Å²) in [5.74, 6) is 0.357. The molecule has 3 heterocycles. The van der Waals surface area contributed by atoms with Crippen molar-refractivity contribution in [3.8, 4) is 0 Å². The molecule has 1 aliphatic rings. The summed E-state index contributed by atoms with van der Waals surface area (Å²) >= 11 is 0. The Hall–Kier alpha value is -2.89. The van der Waals surface area contributed by atoms with Crippen LogP contribution in [0.15, 0.2) is 30.3 Å². The van der Waals surface area contributed by atoms with Crippen LogP contribution < -0.4 is 5.73 Å². The molecular formula is C24H31N5O. The molecule has 4 rings (SSSR count). The number of anilines is 1. The number of para-hydroxylation sites is 1. The summed E-state index contributed by atoms with van der Waals surface area (Å²) in [4.78, 5) is 19.9. The highest BCUT2D eigenvalue weighted by Gasteiger charge is 2.28. The number of aromatic nitrogens is 3. The Kier molecular flexibility index (Phi) is 5.50. The van der Waals surface area contributed by atoms with Crippen molar-refractivity contribution in [3.63, 3.8) is 0 Å². The molecule has 0 bridgehead atoms. The minimum Gasteiger partial charge on any atom is -0.397 e. The molecule has 1 amide bonds.